The Morgan fingerprint density at radius 1 is 0.756 bits per heavy atom. The van der Waals surface area contributed by atoms with E-state index >= 15 is 0 Å². The van der Waals surface area contributed by atoms with Crippen LogP contribution in [0.3, 0.4) is 0 Å². The van der Waals surface area contributed by atoms with Gasteiger partial charge < -0.3 is 9.80 Å². The fraction of sp³-hybridized carbons (Fsp3) is 0.235. The van der Waals surface area contributed by atoms with Gasteiger partial charge in [0.2, 0.25) is 0 Å². The molecule has 0 saturated carbocycles. The Kier molecular flexibility index (Phi) is 10.9. The van der Waals surface area contributed by atoms with Crippen molar-refractivity contribution < 1.29 is 13.5 Å². The molecule has 0 amide bonds. The van der Waals surface area contributed by atoms with E-state index in [4.69, 9.17) is 19.4 Å². The predicted molar refractivity (Wildman–Crippen MR) is 175 cm³/mol. The summed E-state index contributed by atoms with van der Waals surface area (Å²) in [5.74, 6) is 0. The summed E-state index contributed by atoms with van der Waals surface area (Å²) in [6.45, 7) is 17.6. The van der Waals surface area contributed by atoms with Crippen LogP contribution in [0.2, 0.25) is 0 Å². The Morgan fingerprint density at radius 2 is 1.27 bits per heavy atom. The Balaban J connectivity index is 0.000000195. The second-order valence-electron chi connectivity index (χ2n) is 10.4. The van der Waals surface area contributed by atoms with Gasteiger partial charge in [-0.1, -0.05) is 35.4 Å². The average molecular weight is 674 g/mol. The van der Waals surface area contributed by atoms with Crippen molar-refractivity contribution in [1.82, 2.24) is 4.98 Å². The molecule has 41 heavy (non-hydrogen) atoms. The monoisotopic (exact) mass is 673 g/mol. The standard InChI is InChI=1S/C21H27N2.C13H10N2.2ClH.Ru/c1-14-9-16(3)20(17(4)10-14)22-7-8-23(13-22)21-18(5)11-15(2)12-19(21)6;1-11-6-2-3-8-13(11)15-10-12-7-4-5-9-14-12;;;/h9-13H,7-8H2,1-6H3;1-10H;2*1H;/q-1;;;;+2/p-2. The van der Waals surface area contributed by atoms with E-state index in [1.54, 1.807) is 12.4 Å². The molecule has 0 aliphatic carbocycles. The third-order valence-electron chi connectivity index (χ3n) is 6.85. The summed E-state index contributed by atoms with van der Waals surface area (Å²) in [6.07, 6.45) is 3.46. The van der Waals surface area contributed by atoms with Crippen LogP contribution in [0.4, 0.5) is 17.1 Å². The zero-order chi connectivity index (χ0) is 29.5. The van der Waals surface area contributed by atoms with Gasteiger partial charge in [-0.3, -0.25) is 0 Å². The van der Waals surface area contributed by atoms with E-state index in [0.29, 0.717) is 0 Å². The fourth-order valence-corrected chi connectivity index (χ4v) is 7.27. The topological polar surface area (TPSA) is 31.7 Å². The van der Waals surface area contributed by atoms with Crippen LogP contribution in [0.15, 0.2) is 77.9 Å². The molecule has 1 aliphatic rings. The summed E-state index contributed by atoms with van der Waals surface area (Å²) in [5, 5.41) is 0. The normalized spacial score (nSPS) is 13.3. The zero-order valence-corrected chi connectivity index (χ0v) is 27.7. The molecule has 1 saturated heterocycles. The number of pyridine rings is 1. The van der Waals surface area contributed by atoms with E-state index in [0.717, 1.165) is 30.0 Å². The molecule has 3 aromatic carbocycles. The Bertz CT molecular complexity index is 1450. The first-order chi connectivity index (χ1) is 19.6. The molecule has 1 aliphatic heterocycles. The van der Waals surface area contributed by atoms with Gasteiger partial charge in [0, 0.05) is 24.5 Å². The Morgan fingerprint density at radius 3 is 1.76 bits per heavy atom. The molecule has 4 aromatic rings. The van der Waals surface area contributed by atoms with Crippen molar-refractivity contribution in [2.75, 3.05) is 22.9 Å². The van der Waals surface area contributed by atoms with Crippen molar-refractivity contribution in [2.24, 2.45) is 4.99 Å². The molecule has 4 nitrogen and oxygen atoms in total. The molecule has 7 heteroatoms. The molecule has 1 fully saturated rings. The molecule has 0 radical (unpaired) electrons. The summed E-state index contributed by atoms with van der Waals surface area (Å²) in [6, 6.07) is 22.6. The van der Waals surface area contributed by atoms with Crippen LogP contribution < -0.4 is 9.80 Å². The molecule has 1 aromatic heterocycles. The van der Waals surface area contributed by atoms with Crippen LogP contribution in [0.25, 0.3) is 0 Å². The van der Waals surface area contributed by atoms with Crippen molar-refractivity contribution in [3.63, 3.8) is 0 Å². The number of halogens is 2. The fourth-order valence-electron chi connectivity index (χ4n) is 5.45. The van der Waals surface area contributed by atoms with Crippen LogP contribution in [-0.4, -0.2) is 28.9 Å². The minimum atomic E-state index is -1.83. The average Bonchev–Trinajstić information content (AvgIpc) is 3.36. The first kappa shape index (κ1) is 31.1. The predicted octanol–water partition coefficient (Wildman–Crippen LogP) is 8.89. The first-order valence-electron chi connectivity index (χ1n) is 13.5. The number of para-hydroxylation sites is 1. The molecular formula is C34H37Cl2N4Ru-. The van der Waals surface area contributed by atoms with Crippen LogP contribution in [0.1, 0.15) is 44.6 Å². The number of benzene rings is 3. The molecule has 216 valence electrons. The molecule has 2 heterocycles. The number of aromatic nitrogens is 1. The van der Waals surface area contributed by atoms with Crippen LogP contribution in [0.5, 0.6) is 0 Å². The van der Waals surface area contributed by atoms with Gasteiger partial charge in [0.1, 0.15) is 0 Å². The number of hydrogen-bond donors (Lipinski definition) is 0. The summed E-state index contributed by atoms with van der Waals surface area (Å²) in [5.41, 5.74) is 13.5. The molecule has 0 N–H and O–H groups in total. The van der Waals surface area contributed by atoms with E-state index < -0.39 is 13.5 Å². The van der Waals surface area contributed by atoms with E-state index in [-0.39, 0.29) is 0 Å². The number of rotatable bonds is 5. The maximum absolute atomic E-state index is 5.89. The number of hydrogen-bond acceptors (Lipinski definition) is 4. The molecule has 0 bridgehead atoms. The van der Waals surface area contributed by atoms with E-state index in [1.807, 2.05) is 47.1 Å². The van der Waals surface area contributed by atoms with Crippen molar-refractivity contribution in [1.29, 1.82) is 0 Å². The summed E-state index contributed by atoms with van der Waals surface area (Å²) >= 11 is -1.83. The summed E-state index contributed by atoms with van der Waals surface area (Å²) < 4.78 is 1.89. The van der Waals surface area contributed by atoms with Crippen molar-refractivity contribution in [2.45, 2.75) is 41.5 Å². The summed E-state index contributed by atoms with van der Waals surface area (Å²) in [7, 11) is 11.8. The minimum absolute atomic E-state index is 0.818. The molecule has 0 unspecified atom stereocenters. The Labute approximate surface area is 258 Å². The Hall–Kier alpha value is -2.85. The molecule has 5 rings (SSSR count). The van der Waals surface area contributed by atoms with Gasteiger partial charge >= 0.3 is 119 Å². The number of aliphatic imine (C=N–C) groups is 1. The summed E-state index contributed by atoms with van der Waals surface area (Å²) in [4.78, 5) is 13.4. The van der Waals surface area contributed by atoms with Gasteiger partial charge in [-0.2, -0.15) is 6.67 Å². The van der Waals surface area contributed by atoms with Gasteiger partial charge in [0.25, 0.3) is 0 Å². The number of aryl methyl sites for hydroxylation is 6. The third kappa shape index (κ3) is 8.35. The van der Waals surface area contributed by atoms with Crippen molar-refractivity contribution in [3.8, 4) is 0 Å². The van der Waals surface area contributed by atoms with Crippen LogP contribution in [0, 0.1) is 48.2 Å². The number of anilines is 2. The molecule has 0 atom stereocenters. The van der Waals surface area contributed by atoms with Gasteiger partial charge in [-0.25, -0.2) is 0 Å². The van der Waals surface area contributed by atoms with E-state index in [2.05, 4.69) is 92.3 Å². The third-order valence-corrected chi connectivity index (χ3v) is 8.69. The number of nitrogens with zero attached hydrogens (tertiary/aromatic N) is 4. The van der Waals surface area contributed by atoms with Crippen molar-refractivity contribution >= 4 is 47.3 Å². The van der Waals surface area contributed by atoms with Gasteiger partial charge in [0.05, 0.1) is 0 Å². The molecule has 0 spiro atoms. The SMILES string of the molecule is Cc1cc(C)c(N2[CH-]N(c3c(C)cc(C)cc3C)CC2)c(C)c1.[Cl][Ru]([Cl])=[CH]c1ccccc1N=Cc1ccccn1. The van der Waals surface area contributed by atoms with Crippen LogP contribution >= 0.6 is 19.4 Å². The van der Waals surface area contributed by atoms with Crippen molar-refractivity contribution in [3.05, 3.63) is 124 Å². The van der Waals surface area contributed by atoms with Gasteiger partial charge in [0.15, 0.2) is 0 Å². The van der Waals surface area contributed by atoms with Crippen LogP contribution in [-0.2, 0) is 13.5 Å². The first-order valence-corrected chi connectivity index (χ1v) is 19.0. The van der Waals surface area contributed by atoms with Gasteiger partial charge in [-0.15, -0.1) is 0 Å². The van der Waals surface area contributed by atoms with Gasteiger partial charge in [-0.05, 0) is 63.8 Å². The quantitative estimate of drug-likeness (QED) is 0.121. The molecular weight excluding hydrogens is 636 g/mol. The zero-order valence-electron chi connectivity index (χ0n) is 24.5. The van der Waals surface area contributed by atoms with E-state index in [9.17, 15) is 0 Å². The maximum atomic E-state index is 5.89. The second-order valence-corrected chi connectivity index (χ2v) is 16.1. The second kappa shape index (κ2) is 14.4. The van der Waals surface area contributed by atoms with E-state index in [1.165, 1.54) is 44.8 Å².